The van der Waals surface area contributed by atoms with Gasteiger partial charge in [0, 0.05) is 10.0 Å². The van der Waals surface area contributed by atoms with Crippen LogP contribution in [0.5, 0.6) is 0 Å². The van der Waals surface area contributed by atoms with Gasteiger partial charge in [0.1, 0.15) is 11.0 Å². The van der Waals surface area contributed by atoms with E-state index in [0.29, 0.717) is 5.01 Å². The van der Waals surface area contributed by atoms with E-state index in [2.05, 4.69) is 56.9 Å². The van der Waals surface area contributed by atoms with E-state index in [4.69, 9.17) is 0 Å². The Hall–Kier alpha value is -2.92. The second-order valence-electron chi connectivity index (χ2n) is 9.55. The number of aromatic nitrogens is 2. The fourth-order valence-electron chi connectivity index (χ4n) is 3.63. The summed E-state index contributed by atoms with van der Waals surface area (Å²) < 4.78 is 30.0. The molecule has 4 aromatic rings. The average molecular weight is 600 g/mol. The Morgan fingerprint density at radius 1 is 0.973 bits per heavy atom. The van der Waals surface area contributed by atoms with Crippen LogP contribution < -0.4 is 10.0 Å². The van der Waals surface area contributed by atoms with Gasteiger partial charge in [-0.25, -0.2) is 8.42 Å². The van der Waals surface area contributed by atoms with E-state index in [1.54, 1.807) is 24.3 Å². The van der Waals surface area contributed by atoms with Gasteiger partial charge in [0.2, 0.25) is 21.1 Å². The van der Waals surface area contributed by atoms with Crippen LogP contribution in [-0.2, 0) is 26.7 Å². The highest BCUT2D eigenvalue weighted by Crippen LogP contribution is 2.28. The second-order valence-corrected chi connectivity index (χ2v) is 13.2. The molecule has 1 heterocycles. The van der Waals surface area contributed by atoms with Crippen LogP contribution in [0.3, 0.4) is 0 Å². The molecule has 0 bridgehead atoms. The molecule has 1 atom stereocenters. The minimum atomic E-state index is -3.97. The number of anilines is 1. The zero-order chi connectivity index (χ0) is 26.6. The number of hydrogen-bond donors (Lipinski definition) is 2. The minimum absolute atomic E-state index is 0.0965. The zero-order valence-electron chi connectivity index (χ0n) is 20.6. The summed E-state index contributed by atoms with van der Waals surface area (Å²) in [5.74, 6) is -0.518. The molecule has 0 spiro atoms. The summed E-state index contributed by atoms with van der Waals surface area (Å²) in [6.45, 7) is 6.18. The van der Waals surface area contributed by atoms with Crippen LogP contribution in [0, 0.1) is 0 Å². The highest BCUT2D eigenvalue weighted by molar-refractivity contribution is 9.10. The fraction of sp³-hybridized carbons (Fsp3) is 0.222. The first kappa shape index (κ1) is 27.1. The van der Waals surface area contributed by atoms with Crippen LogP contribution in [0.1, 0.15) is 31.9 Å². The van der Waals surface area contributed by atoms with Crippen LogP contribution in [0.2, 0.25) is 0 Å². The molecule has 7 nitrogen and oxygen atoms in total. The molecular formula is C27H27BrN4O3S2. The van der Waals surface area contributed by atoms with Crippen molar-refractivity contribution < 1.29 is 13.2 Å². The molecule has 37 heavy (non-hydrogen) atoms. The molecule has 10 heteroatoms. The van der Waals surface area contributed by atoms with Crippen molar-refractivity contribution in [1.82, 2.24) is 14.9 Å². The van der Waals surface area contributed by atoms with Crippen LogP contribution in [0.15, 0.2) is 88.2 Å². The highest BCUT2D eigenvalue weighted by Gasteiger charge is 2.27. The summed E-state index contributed by atoms with van der Waals surface area (Å²) >= 11 is 4.65. The van der Waals surface area contributed by atoms with Crippen molar-refractivity contribution in [1.29, 1.82) is 0 Å². The molecule has 192 valence electrons. The molecule has 0 radical (unpaired) electrons. The lowest BCUT2D eigenvalue weighted by Crippen LogP contribution is -2.45. The number of carbonyl (C=O) groups is 1. The summed E-state index contributed by atoms with van der Waals surface area (Å²) in [7, 11) is -3.97. The summed E-state index contributed by atoms with van der Waals surface area (Å²) in [6.07, 6.45) is 0.170. The molecule has 0 aliphatic rings. The molecular weight excluding hydrogens is 572 g/mol. The van der Waals surface area contributed by atoms with E-state index in [1.165, 1.54) is 11.3 Å². The Labute approximate surface area is 229 Å². The Morgan fingerprint density at radius 2 is 1.68 bits per heavy atom. The lowest BCUT2D eigenvalue weighted by molar-refractivity contribution is -0.117. The van der Waals surface area contributed by atoms with Crippen LogP contribution in [0.4, 0.5) is 5.13 Å². The smallest absolute Gasteiger partial charge is 0.244 e. The number of halogens is 1. The number of rotatable bonds is 8. The Bertz CT molecular complexity index is 1480. The number of amides is 1. The van der Waals surface area contributed by atoms with Crippen molar-refractivity contribution in [3.05, 3.63) is 94.5 Å². The Morgan fingerprint density at radius 3 is 2.32 bits per heavy atom. The molecule has 0 aliphatic carbocycles. The quantitative estimate of drug-likeness (QED) is 0.267. The molecule has 1 amide bonds. The molecule has 0 aliphatic heterocycles. The molecule has 4 rings (SSSR count). The lowest BCUT2D eigenvalue weighted by atomic mass is 9.87. The van der Waals surface area contributed by atoms with Crippen LogP contribution >= 0.6 is 27.3 Å². The van der Waals surface area contributed by atoms with Gasteiger partial charge >= 0.3 is 0 Å². The first-order chi connectivity index (χ1) is 17.5. The molecule has 0 saturated heterocycles. The van der Waals surface area contributed by atoms with Crippen molar-refractivity contribution in [2.45, 2.75) is 43.5 Å². The third-order valence-corrected chi connectivity index (χ3v) is 8.52. The number of nitrogens with zero attached hydrogens (tertiary/aromatic N) is 2. The van der Waals surface area contributed by atoms with Gasteiger partial charge in [0.05, 0.1) is 4.90 Å². The Balaban J connectivity index is 1.56. The maximum atomic E-state index is 13.3. The van der Waals surface area contributed by atoms with Gasteiger partial charge in [-0.15, -0.1) is 10.2 Å². The minimum Gasteiger partial charge on any atom is -0.299 e. The number of benzene rings is 3. The van der Waals surface area contributed by atoms with Crippen LogP contribution in [0.25, 0.3) is 10.6 Å². The van der Waals surface area contributed by atoms with Gasteiger partial charge in [0.25, 0.3) is 0 Å². The normalized spacial score (nSPS) is 12.8. The second kappa shape index (κ2) is 11.2. The van der Waals surface area contributed by atoms with Crippen molar-refractivity contribution in [3.63, 3.8) is 0 Å². The molecule has 0 saturated carbocycles. The van der Waals surface area contributed by atoms with E-state index in [1.807, 2.05) is 54.6 Å². The average Bonchev–Trinajstić information content (AvgIpc) is 3.32. The van der Waals surface area contributed by atoms with Crippen molar-refractivity contribution in [2.24, 2.45) is 0 Å². The van der Waals surface area contributed by atoms with Crippen molar-refractivity contribution in [3.8, 4) is 10.6 Å². The topological polar surface area (TPSA) is 101 Å². The van der Waals surface area contributed by atoms with Gasteiger partial charge in [-0.3, -0.25) is 10.1 Å². The molecule has 3 aromatic carbocycles. The zero-order valence-corrected chi connectivity index (χ0v) is 23.8. The third kappa shape index (κ3) is 7.10. The maximum Gasteiger partial charge on any atom is 0.244 e. The predicted octanol–water partition coefficient (Wildman–Crippen LogP) is 5.79. The summed E-state index contributed by atoms with van der Waals surface area (Å²) in [5, 5.41) is 11.9. The lowest BCUT2D eigenvalue weighted by Gasteiger charge is -2.20. The number of hydrogen-bond acceptors (Lipinski definition) is 6. The number of carbonyl (C=O) groups excluding carboxylic acids is 1. The van der Waals surface area contributed by atoms with Gasteiger partial charge in [-0.05, 0) is 47.2 Å². The monoisotopic (exact) mass is 598 g/mol. The molecule has 0 fully saturated rings. The van der Waals surface area contributed by atoms with Gasteiger partial charge in [-0.2, -0.15) is 4.72 Å². The number of nitrogens with one attached hydrogen (secondary N) is 2. The third-order valence-electron chi connectivity index (χ3n) is 5.65. The van der Waals surface area contributed by atoms with Gasteiger partial charge < -0.3 is 0 Å². The fourth-order valence-corrected chi connectivity index (χ4v) is 5.97. The summed E-state index contributed by atoms with van der Waals surface area (Å²) in [6, 6.07) is 22.5. The SMILES string of the molecule is CC(C)(C)c1ccc(S(=O)(=O)NC(Cc2ccccc2)C(=O)Nc2nnc(-c3cccc(Br)c3)s2)cc1. The van der Waals surface area contributed by atoms with E-state index in [-0.39, 0.29) is 21.9 Å². The summed E-state index contributed by atoms with van der Waals surface area (Å²) in [5.41, 5.74) is 2.58. The van der Waals surface area contributed by atoms with Gasteiger partial charge in [0.15, 0.2) is 0 Å². The Kier molecular flexibility index (Phi) is 8.23. The predicted molar refractivity (Wildman–Crippen MR) is 151 cm³/mol. The van der Waals surface area contributed by atoms with E-state index >= 15 is 0 Å². The molecule has 2 N–H and O–H groups in total. The first-order valence-electron chi connectivity index (χ1n) is 11.6. The highest BCUT2D eigenvalue weighted by atomic mass is 79.9. The largest absolute Gasteiger partial charge is 0.299 e. The van der Waals surface area contributed by atoms with Gasteiger partial charge in [-0.1, -0.05) is 103 Å². The van der Waals surface area contributed by atoms with Crippen LogP contribution in [-0.4, -0.2) is 30.6 Å². The molecule has 1 aromatic heterocycles. The van der Waals surface area contributed by atoms with Crippen molar-refractivity contribution in [2.75, 3.05) is 5.32 Å². The maximum absolute atomic E-state index is 13.3. The van der Waals surface area contributed by atoms with E-state index < -0.39 is 22.0 Å². The molecule has 1 unspecified atom stereocenters. The first-order valence-corrected chi connectivity index (χ1v) is 14.7. The summed E-state index contributed by atoms with van der Waals surface area (Å²) in [4.78, 5) is 13.4. The van der Waals surface area contributed by atoms with E-state index in [9.17, 15) is 13.2 Å². The number of sulfonamides is 1. The standard InChI is InChI=1S/C27H27BrN4O3S2/c1-27(2,3)20-12-14-22(15-13-20)37(34,35)32-23(16-18-8-5-4-6-9-18)24(33)29-26-31-30-25(36-26)19-10-7-11-21(28)17-19/h4-15,17,23,32H,16H2,1-3H3,(H,29,31,33). The van der Waals surface area contributed by atoms with Crippen molar-refractivity contribution >= 4 is 48.3 Å². The van der Waals surface area contributed by atoms with E-state index in [0.717, 1.165) is 21.2 Å².